The van der Waals surface area contributed by atoms with Gasteiger partial charge in [-0.05, 0) is 42.8 Å². The highest BCUT2D eigenvalue weighted by molar-refractivity contribution is 6.10. The SMILES string of the molecule is Cc1cc(C)cc(C(=O)c2ccc3ccccc3c2)c1. The lowest BCUT2D eigenvalue weighted by Gasteiger charge is -2.06. The van der Waals surface area contributed by atoms with Crippen LogP contribution in [0.25, 0.3) is 10.8 Å². The van der Waals surface area contributed by atoms with E-state index in [1.165, 1.54) is 0 Å². The molecule has 0 saturated heterocycles. The molecular weight excluding hydrogens is 244 g/mol. The summed E-state index contributed by atoms with van der Waals surface area (Å²) in [5, 5.41) is 2.26. The molecule has 0 fully saturated rings. The molecule has 0 aromatic heterocycles. The van der Waals surface area contributed by atoms with Gasteiger partial charge in [-0.2, -0.15) is 0 Å². The minimum absolute atomic E-state index is 0.0857. The second-order valence-electron chi connectivity index (χ2n) is 5.27. The summed E-state index contributed by atoms with van der Waals surface area (Å²) < 4.78 is 0. The molecule has 0 aliphatic carbocycles. The summed E-state index contributed by atoms with van der Waals surface area (Å²) in [6, 6.07) is 19.9. The summed E-state index contributed by atoms with van der Waals surface area (Å²) in [6.45, 7) is 4.04. The van der Waals surface area contributed by atoms with E-state index in [-0.39, 0.29) is 5.78 Å². The van der Waals surface area contributed by atoms with Crippen LogP contribution in [0, 0.1) is 13.8 Å². The van der Waals surface area contributed by atoms with Crippen LogP contribution in [0.15, 0.2) is 60.7 Å². The third-order valence-electron chi connectivity index (χ3n) is 3.50. The minimum Gasteiger partial charge on any atom is -0.289 e. The molecule has 0 aliphatic rings. The van der Waals surface area contributed by atoms with E-state index in [1.54, 1.807) is 0 Å². The van der Waals surface area contributed by atoms with Crippen LogP contribution < -0.4 is 0 Å². The van der Waals surface area contributed by atoms with Crippen LogP contribution in [0.4, 0.5) is 0 Å². The average Bonchev–Trinajstić information content (AvgIpc) is 2.45. The van der Waals surface area contributed by atoms with Gasteiger partial charge in [0, 0.05) is 11.1 Å². The Hall–Kier alpha value is -2.41. The molecule has 0 amide bonds. The zero-order valence-corrected chi connectivity index (χ0v) is 11.7. The predicted octanol–water partition coefficient (Wildman–Crippen LogP) is 4.69. The number of rotatable bonds is 2. The molecule has 1 nitrogen and oxygen atoms in total. The first-order valence-electron chi connectivity index (χ1n) is 6.75. The van der Waals surface area contributed by atoms with Crippen molar-refractivity contribution in [3.63, 3.8) is 0 Å². The minimum atomic E-state index is 0.0857. The maximum Gasteiger partial charge on any atom is 0.193 e. The van der Waals surface area contributed by atoms with Gasteiger partial charge in [0.15, 0.2) is 5.78 Å². The number of benzene rings is 3. The quantitative estimate of drug-likeness (QED) is 0.611. The van der Waals surface area contributed by atoms with Gasteiger partial charge in [0.25, 0.3) is 0 Å². The number of ketones is 1. The summed E-state index contributed by atoms with van der Waals surface area (Å²) in [7, 11) is 0. The molecule has 1 heteroatoms. The van der Waals surface area contributed by atoms with Crippen molar-refractivity contribution < 1.29 is 4.79 Å². The fourth-order valence-electron chi connectivity index (χ4n) is 2.60. The molecule has 0 spiro atoms. The summed E-state index contributed by atoms with van der Waals surface area (Å²) in [5.74, 6) is 0.0857. The Morgan fingerprint density at radius 1 is 0.700 bits per heavy atom. The van der Waals surface area contributed by atoms with Crippen LogP contribution in [-0.4, -0.2) is 5.78 Å². The topological polar surface area (TPSA) is 17.1 Å². The van der Waals surface area contributed by atoms with Crippen LogP contribution in [0.1, 0.15) is 27.0 Å². The van der Waals surface area contributed by atoms with E-state index in [2.05, 4.69) is 12.1 Å². The largest absolute Gasteiger partial charge is 0.289 e. The summed E-state index contributed by atoms with van der Waals surface area (Å²) in [6.07, 6.45) is 0. The van der Waals surface area contributed by atoms with Gasteiger partial charge in [0.05, 0.1) is 0 Å². The highest BCUT2D eigenvalue weighted by Gasteiger charge is 2.10. The van der Waals surface area contributed by atoms with Crippen molar-refractivity contribution in [3.8, 4) is 0 Å². The molecule has 0 radical (unpaired) electrons. The lowest BCUT2D eigenvalue weighted by molar-refractivity contribution is 0.103. The zero-order valence-electron chi connectivity index (χ0n) is 11.7. The average molecular weight is 260 g/mol. The Bertz CT molecular complexity index is 779. The number of hydrogen-bond donors (Lipinski definition) is 0. The molecule has 20 heavy (non-hydrogen) atoms. The fourth-order valence-corrected chi connectivity index (χ4v) is 2.60. The number of fused-ring (bicyclic) bond motifs is 1. The van der Waals surface area contributed by atoms with Crippen LogP contribution in [0.2, 0.25) is 0 Å². The standard InChI is InChI=1S/C19H16O/c1-13-9-14(2)11-18(10-13)19(20)17-8-7-15-5-3-4-6-16(15)12-17/h3-12H,1-2H3. The molecule has 0 saturated carbocycles. The van der Waals surface area contributed by atoms with Gasteiger partial charge < -0.3 is 0 Å². The third kappa shape index (κ3) is 2.35. The molecule has 0 heterocycles. The molecule has 3 rings (SSSR count). The maximum atomic E-state index is 12.6. The lowest BCUT2D eigenvalue weighted by atomic mass is 9.97. The lowest BCUT2D eigenvalue weighted by Crippen LogP contribution is -2.02. The zero-order chi connectivity index (χ0) is 14.1. The van der Waals surface area contributed by atoms with Crippen LogP contribution >= 0.6 is 0 Å². The Morgan fingerprint density at radius 3 is 2.05 bits per heavy atom. The predicted molar refractivity (Wildman–Crippen MR) is 83.3 cm³/mol. The van der Waals surface area contributed by atoms with Gasteiger partial charge in [-0.1, -0.05) is 53.6 Å². The molecule has 98 valence electrons. The Balaban J connectivity index is 2.07. The third-order valence-corrected chi connectivity index (χ3v) is 3.50. The first-order valence-corrected chi connectivity index (χ1v) is 6.75. The first kappa shape index (κ1) is 12.6. The molecule has 0 N–H and O–H groups in total. The molecule has 0 atom stereocenters. The van der Waals surface area contributed by atoms with Gasteiger partial charge in [0.2, 0.25) is 0 Å². The Kier molecular flexibility index (Phi) is 3.11. The number of aryl methyl sites for hydroxylation is 2. The van der Waals surface area contributed by atoms with E-state index in [0.717, 1.165) is 33.0 Å². The van der Waals surface area contributed by atoms with Crippen molar-refractivity contribution in [2.45, 2.75) is 13.8 Å². The Morgan fingerprint density at radius 2 is 1.35 bits per heavy atom. The van der Waals surface area contributed by atoms with Crippen molar-refractivity contribution in [1.29, 1.82) is 0 Å². The van der Waals surface area contributed by atoms with Gasteiger partial charge >= 0.3 is 0 Å². The van der Waals surface area contributed by atoms with E-state index in [9.17, 15) is 4.79 Å². The number of hydrogen-bond acceptors (Lipinski definition) is 1. The van der Waals surface area contributed by atoms with E-state index >= 15 is 0 Å². The normalized spacial score (nSPS) is 10.7. The monoisotopic (exact) mass is 260 g/mol. The molecule has 0 unspecified atom stereocenters. The smallest absolute Gasteiger partial charge is 0.193 e. The molecule has 0 bridgehead atoms. The maximum absolute atomic E-state index is 12.6. The molecule has 3 aromatic rings. The van der Waals surface area contributed by atoms with Gasteiger partial charge in [0.1, 0.15) is 0 Å². The second kappa shape index (κ2) is 4.93. The molecular formula is C19H16O. The summed E-state index contributed by atoms with van der Waals surface area (Å²) >= 11 is 0. The van der Waals surface area contributed by atoms with E-state index in [1.807, 2.05) is 62.4 Å². The summed E-state index contributed by atoms with van der Waals surface area (Å²) in [4.78, 5) is 12.6. The number of carbonyl (C=O) groups is 1. The molecule has 3 aromatic carbocycles. The summed E-state index contributed by atoms with van der Waals surface area (Å²) in [5.41, 5.74) is 3.75. The first-order chi connectivity index (χ1) is 9.63. The number of carbonyl (C=O) groups excluding carboxylic acids is 1. The second-order valence-corrected chi connectivity index (χ2v) is 5.27. The van der Waals surface area contributed by atoms with E-state index in [0.29, 0.717) is 0 Å². The fraction of sp³-hybridized carbons (Fsp3) is 0.105. The highest BCUT2D eigenvalue weighted by atomic mass is 16.1. The van der Waals surface area contributed by atoms with Crippen LogP contribution in [-0.2, 0) is 0 Å². The van der Waals surface area contributed by atoms with Crippen LogP contribution in [0.3, 0.4) is 0 Å². The van der Waals surface area contributed by atoms with Crippen LogP contribution in [0.5, 0.6) is 0 Å². The van der Waals surface area contributed by atoms with Crippen molar-refractivity contribution >= 4 is 16.6 Å². The van der Waals surface area contributed by atoms with Crippen molar-refractivity contribution in [2.75, 3.05) is 0 Å². The van der Waals surface area contributed by atoms with Crippen molar-refractivity contribution in [1.82, 2.24) is 0 Å². The van der Waals surface area contributed by atoms with Gasteiger partial charge in [-0.15, -0.1) is 0 Å². The van der Waals surface area contributed by atoms with E-state index in [4.69, 9.17) is 0 Å². The van der Waals surface area contributed by atoms with Gasteiger partial charge in [-0.25, -0.2) is 0 Å². The Labute approximate surface area is 118 Å². The van der Waals surface area contributed by atoms with Crippen molar-refractivity contribution in [3.05, 3.63) is 82.9 Å². The molecule has 0 aliphatic heterocycles. The van der Waals surface area contributed by atoms with E-state index < -0.39 is 0 Å². The highest BCUT2D eigenvalue weighted by Crippen LogP contribution is 2.19. The van der Waals surface area contributed by atoms with Crippen molar-refractivity contribution in [2.24, 2.45) is 0 Å². The van der Waals surface area contributed by atoms with Gasteiger partial charge in [-0.3, -0.25) is 4.79 Å².